The molecule has 32 heavy (non-hydrogen) atoms. The van der Waals surface area contributed by atoms with Crippen LogP contribution in [0.5, 0.6) is 0 Å². The van der Waals surface area contributed by atoms with Gasteiger partial charge in [0.05, 0.1) is 17.8 Å². The van der Waals surface area contributed by atoms with E-state index in [2.05, 4.69) is 20.6 Å². The normalized spacial score (nSPS) is 13.4. The van der Waals surface area contributed by atoms with Gasteiger partial charge < -0.3 is 5.32 Å². The van der Waals surface area contributed by atoms with Crippen LogP contribution in [0.2, 0.25) is 5.28 Å². The number of carbonyl (C=O) groups excluding carboxylic acids is 2. The molecule has 164 valence electrons. The van der Waals surface area contributed by atoms with E-state index >= 15 is 0 Å². The number of amides is 3. The quantitative estimate of drug-likeness (QED) is 0.521. The summed E-state index contributed by atoms with van der Waals surface area (Å²) in [5.74, 6) is -0.389. The minimum absolute atomic E-state index is 0.00739. The maximum Gasteiger partial charge on any atom is 0.416 e. The summed E-state index contributed by atoms with van der Waals surface area (Å²) in [7, 11) is 0. The highest BCUT2D eigenvalue weighted by atomic mass is 35.5. The molecule has 1 aromatic heterocycles. The fourth-order valence-corrected chi connectivity index (χ4v) is 3.37. The van der Waals surface area contributed by atoms with Crippen molar-refractivity contribution >= 4 is 40.7 Å². The predicted octanol–water partition coefficient (Wildman–Crippen LogP) is 5.26. The molecular formula is C21H15ClF3N5O2. The molecule has 0 atom stereocenters. The van der Waals surface area contributed by atoms with Gasteiger partial charge in [-0.2, -0.15) is 18.2 Å². The summed E-state index contributed by atoms with van der Waals surface area (Å²) in [5.41, 5.74) is 1.16. The van der Waals surface area contributed by atoms with E-state index < -0.39 is 23.7 Å². The van der Waals surface area contributed by atoms with Crippen LogP contribution in [0.4, 0.5) is 35.2 Å². The summed E-state index contributed by atoms with van der Waals surface area (Å²) >= 11 is 5.77. The Morgan fingerprint density at radius 1 is 1.22 bits per heavy atom. The van der Waals surface area contributed by atoms with Crippen molar-refractivity contribution in [2.75, 3.05) is 15.5 Å². The highest BCUT2D eigenvalue weighted by molar-refractivity contribution is 6.28. The second-order valence-electron chi connectivity index (χ2n) is 7.06. The van der Waals surface area contributed by atoms with Gasteiger partial charge in [-0.3, -0.25) is 15.0 Å². The number of aromatic nitrogens is 2. The average Bonchev–Trinajstić information content (AvgIpc) is 2.74. The van der Waals surface area contributed by atoms with E-state index in [0.29, 0.717) is 22.8 Å². The fourth-order valence-electron chi connectivity index (χ4n) is 3.23. The van der Waals surface area contributed by atoms with Gasteiger partial charge in [0.25, 0.3) is 5.91 Å². The smallest absolute Gasteiger partial charge is 0.322 e. The molecule has 0 radical (unpaired) electrons. The van der Waals surface area contributed by atoms with Gasteiger partial charge in [0.2, 0.25) is 5.28 Å². The van der Waals surface area contributed by atoms with Gasteiger partial charge in [0, 0.05) is 23.0 Å². The van der Waals surface area contributed by atoms with Crippen LogP contribution in [0, 0.1) is 6.92 Å². The van der Waals surface area contributed by atoms with Gasteiger partial charge in [0.1, 0.15) is 5.82 Å². The van der Waals surface area contributed by atoms with E-state index in [0.717, 1.165) is 17.7 Å². The van der Waals surface area contributed by atoms with Crippen LogP contribution in [0.25, 0.3) is 0 Å². The number of halogens is 4. The molecule has 2 aromatic carbocycles. The number of hydrogen-bond donors (Lipinski definition) is 2. The molecule has 0 bridgehead atoms. The zero-order valence-electron chi connectivity index (χ0n) is 16.5. The van der Waals surface area contributed by atoms with E-state index in [-0.39, 0.29) is 17.4 Å². The van der Waals surface area contributed by atoms with E-state index in [4.69, 9.17) is 11.6 Å². The number of alkyl halides is 3. The summed E-state index contributed by atoms with van der Waals surface area (Å²) in [4.78, 5) is 34.5. The first-order chi connectivity index (χ1) is 15.1. The third kappa shape index (κ3) is 4.35. The molecule has 4 rings (SSSR count). The summed E-state index contributed by atoms with van der Waals surface area (Å²) in [5, 5.41) is 5.23. The minimum Gasteiger partial charge on any atom is -0.322 e. The highest BCUT2D eigenvalue weighted by Gasteiger charge is 2.31. The van der Waals surface area contributed by atoms with Crippen LogP contribution >= 0.6 is 11.6 Å². The van der Waals surface area contributed by atoms with Gasteiger partial charge in [-0.1, -0.05) is 12.1 Å². The minimum atomic E-state index is -4.56. The van der Waals surface area contributed by atoms with Crippen LogP contribution < -0.4 is 15.5 Å². The summed E-state index contributed by atoms with van der Waals surface area (Å²) in [6, 6.07) is 8.55. The van der Waals surface area contributed by atoms with Gasteiger partial charge in [-0.05, 0) is 54.4 Å². The van der Waals surface area contributed by atoms with Crippen molar-refractivity contribution in [2.24, 2.45) is 0 Å². The zero-order chi connectivity index (χ0) is 23.0. The largest absolute Gasteiger partial charge is 0.416 e. The molecule has 0 saturated heterocycles. The number of carbonyl (C=O) groups is 2. The first kappa shape index (κ1) is 21.6. The van der Waals surface area contributed by atoms with Crippen molar-refractivity contribution < 1.29 is 22.8 Å². The number of fused-ring (bicyclic) bond motifs is 1. The van der Waals surface area contributed by atoms with Crippen molar-refractivity contribution in [2.45, 2.75) is 19.6 Å². The van der Waals surface area contributed by atoms with Crippen molar-refractivity contribution in [1.29, 1.82) is 0 Å². The fraction of sp³-hybridized carbons (Fsp3) is 0.143. The number of rotatable bonds is 3. The Balaban J connectivity index is 1.59. The molecule has 1 aliphatic rings. The van der Waals surface area contributed by atoms with Crippen molar-refractivity contribution in [1.82, 2.24) is 9.97 Å². The van der Waals surface area contributed by atoms with Crippen LogP contribution in [-0.4, -0.2) is 21.9 Å². The lowest BCUT2D eigenvalue weighted by molar-refractivity contribution is -0.137. The Hall–Kier alpha value is -3.66. The molecule has 3 aromatic rings. The molecule has 0 fully saturated rings. The number of aryl methyl sites for hydroxylation is 1. The third-order valence-corrected chi connectivity index (χ3v) is 5.03. The van der Waals surface area contributed by atoms with E-state index in [9.17, 15) is 22.8 Å². The number of nitrogens with zero attached hydrogens (tertiary/aromatic N) is 3. The van der Waals surface area contributed by atoms with Crippen molar-refractivity contribution in [3.8, 4) is 0 Å². The van der Waals surface area contributed by atoms with Crippen molar-refractivity contribution in [3.63, 3.8) is 0 Å². The van der Waals surface area contributed by atoms with Crippen LogP contribution in [0.1, 0.15) is 27.0 Å². The van der Waals surface area contributed by atoms with Gasteiger partial charge in [-0.25, -0.2) is 9.78 Å². The lowest BCUT2D eigenvalue weighted by Gasteiger charge is -2.29. The lowest BCUT2D eigenvalue weighted by atomic mass is 10.1. The van der Waals surface area contributed by atoms with Crippen molar-refractivity contribution in [3.05, 3.63) is 76.2 Å². The number of nitrogens with one attached hydrogen (secondary N) is 2. The molecule has 0 unspecified atom stereocenters. The average molecular weight is 462 g/mol. The number of urea groups is 1. The maximum atomic E-state index is 12.9. The molecule has 1 aliphatic heterocycles. The zero-order valence-corrected chi connectivity index (χ0v) is 17.3. The Labute approximate surface area is 185 Å². The van der Waals surface area contributed by atoms with Gasteiger partial charge >= 0.3 is 12.2 Å². The Kier molecular flexibility index (Phi) is 5.47. The Morgan fingerprint density at radius 2 is 2.00 bits per heavy atom. The van der Waals surface area contributed by atoms with E-state index in [1.54, 1.807) is 25.1 Å². The summed E-state index contributed by atoms with van der Waals surface area (Å²) in [6.07, 6.45) is -3.05. The Morgan fingerprint density at radius 3 is 2.75 bits per heavy atom. The van der Waals surface area contributed by atoms with E-state index in [1.165, 1.54) is 23.2 Å². The first-order valence-corrected chi connectivity index (χ1v) is 9.69. The molecule has 11 heteroatoms. The maximum absolute atomic E-state index is 12.9. The molecular weight excluding hydrogens is 447 g/mol. The molecule has 0 aliphatic carbocycles. The number of anilines is 3. The van der Waals surface area contributed by atoms with Gasteiger partial charge in [-0.15, -0.1) is 0 Å². The second kappa shape index (κ2) is 8.12. The van der Waals surface area contributed by atoms with Crippen LogP contribution in [0.3, 0.4) is 0 Å². The molecule has 0 saturated carbocycles. The molecule has 2 heterocycles. The highest BCUT2D eigenvalue weighted by Crippen LogP contribution is 2.32. The SMILES string of the molecule is Cc1ccc(NC(=O)c2cccc(C(F)(F)F)c2)cc1N1Cc2cnc(Cl)nc2NC1=O. The van der Waals surface area contributed by atoms with Crippen LogP contribution in [-0.2, 0) is 12.7 Å². The first-order valence-electron chi connectivity index (χ1n) is 9.31. The van der Waals surface area contributed by atoms with E-state index in [1.807, 2.05) is 0 Å². The number of benzene rings is 2. The standard InChI is InChI=1S/C21H15ClF3N5O2/c1-11-5-6-15(27-18(31)12-3-2-4-14(7-12)21(23,24)25)8-16(11)30-10-13-9-26-19(22)28-17(13)29-20(30)32/h2-9H,10H2,1H3,(H,27,31)(H,26,28,29,32). The molecule has 7 nitrogen and oxygen atoms in total. The molecule has 0 spiro atoms. The topological polar surface area (TPSA) is 87.2 Å². The summed E-state index contributed by atoms with van der Waals surface area (Å²) in [6.45, 7) is 1.96. The summed E-state index contributed by atoms with van der Waals surface area (Å²) < 4.78 is 38.8. The van der Waals surface area contributed by atoms with Crippen LogP contribution in [0.15, 0.2) is 48.7 Å². The Bertz CT molecular complexity index is 1230. The predicted molar refractivity (Wildman–Crippen MR) is 113 cm³/mol. The lowest BCUT2D eigenvalue weighted by Crippen LogP contribution is -2.39. The number of hydrogen-bond acceptors (Lipinski definition) is 4. The molecule has 3 amide bonds. The molecule has 2 N–H and O–H groups in total. The third-order valence-electron chi connectivity index (χ3n) is 4.84. The van der Waals surface area contributed by atoms with Gasteiger partial charge in [0.15, 0.2) is 0 Å². The monoisotopic (exact) mass is 461 g/mol. The second-order valence-corrected chi connectivity index (χ2v) is 7.40.